The molecule has 2 aliphatic heterocycles. The Hall–Kier alpha value is -4.89. The molecule has 15 heteroatoms. The van der Waals surface area contributed by atoms with Crippen molar-refractivity contribution in [3.63, 3.8) is 0 Å². The number of piperidine rings is 1. The molecule has 0 bridgehead atoms. The summed E-state index contributed by atoms with van der Waals surface area (Å²) in [5, 5.41) is 15.9. The van der Waals surface area contributed by atoms with Gasteiger partial charge in [0.1, 0.15) is 11.2 Å². The van der Waals surface area contributed by atoms with Gasteiger partial charge in [0.15, 0.2) is 11.5 Å². The average Bonchev–Trinajstić information content (AvgIpc) is 3.43. The number of nitrogens with zero attached hydrogens (tertiary/aromatic N) is 5. The zero-order valence-corrected chi connectivity index (χ0v) is 25.6. The molecule has 0 spiro atoms. The average molecular weight is 652 g/mol. The summed E-state index contributed by atoms with van der Waals surface area (Å²) >= 11 is 0. The summed E-state index contributed by atoms with van der Waals surface area (Å²) in [7, 11) is 0. The number of alkyl halides is 3. The molecule has 2 aliphatic rings. The van der Waals surface area contributed by atoms with Gasteiger partial charge in [0.25, 0.3) is 5.91 Å². The molecule has 5 heterocycles. The van der Waals surface area contributed by atoms with Gasteiger partial charge in [-0.05, 0) is 69.6 Å². The summed E-state index contributed by atoms with van der Waals surface area (Å²) in [4.78, 5) is 52.8. The van der Waals surface area contributed by atoms with Crippen LogP contribution in [0.25, 0.3) is 11.1 Å². The number of hydrogen-bond donors (Lipinski definition) is 3. The van der Waals surface area contributed by atoms with Crippen LogP contribution in [0.1, 0.15) is 72.1 Å². The molecule has 0 saturated carbocycles. The number of imide groups is 1. The number of urea groups is 1. The predicted octanol–water partition coefficient (Wildman–Crippen LogP) is 4.94. The standard InChI is InChI=1S/C32H32F3N7O5/c1-31(2,46)22-12-24-25(13-23(22)38-28(44)20-3-4-26(37-15-20)32(33,34)35)47-29(39-24)19-5-8-41(9-6-19)17-18-11-21(16-36-14-18)42-10-7-27(43)40-30(42)45/h3-4,11-16,19,46H,5-10,17H2,1-2H3,(H,38,44)(H,40,43,45). The monoisotopic (exact) mass is 651 g/mol. The molecule has 6 rings (SSSR count). The SMILES string of the molecule is CC(C)(O)c1cc2nc(C3CCN(Cc4cncc(N5CCC(=O)NC5=O)c4)CC3)oc2cc1NC(=O)c1ccc(C(F)(F)F)nc1. The van der Waals surface area contributed by atoms with Crippen LogP contribution in [-0.4, -0.2) is 62.4 Å². The Morgan fingerprint density at radius 2 is 1.85 bits per heavy atom. The number of aliphatic hydroxyl groups is 1. The molecule has 0 radical (unpaired) electrons. The van der Waals surface area contributed by atoms with Crippen molar-refractivity contribution in [2.24, 2.45) is 0 Å². The van der Waals surface area contributed by atoms with Crippen LogP contribution in [0.4, 0.5) is 29.3 Å². The van der Waals surface area contributed by atoms with Crippen molar-refractivity contribution in [3.05, 3.63) is 77.2 Å². The Morgan fingerprint density at radius 1 is 1.09 bits per heavy atom. The highest BCUT2D eigenvalue weighted by Crippen LogP contribution is 2.36. The van der Waals surface area contributed by atoms with E-state index in [0.717, 1.165) is 49.8 Å². The number of hydrogen-bond acceptors (Lipinski definition) is 9. The van der Waals surface area contributed by atoms with Gasteiger partial charge in [-0.3, -0.25) is 34.7 Å². The van der Waals surface area contributed by atoms with Gasteiger partial charge in [-0.1, -0.05) is 0 Å². The van der Waals surface area contributed by atoms with E-state index in [9.17, 15) is 32.7 Å². The maximum Gasteiger partial charge on any atom is 0.433 e. The second kappa shape index (κ2) is 12.4. The summed E-state index contributed by atoms with van der Waals surface area (Å²) in [6.07, 6.45) is 1.34. The van der Waals surface area contributed by atoms with Crippen LogP contribution in [0.15, 0.2) is 53.3 Å². The quantitative estimate of drug-likeness (QED) is 0.252. The van der Waals surface area contributed by atoms with Gasteiger partial charge in [0.2, 0.25) is 5.91 Å². The number of likely N-dealkylation sites (tertiary alicyclic amines) is 1. The third-order valence-electron chi connectivity index (χ3n) is 8.26. The van der Waals surface area contributed by atoms with Crippen molar-refractivity contribution in [1.29, 1.82) is 0 Å². The number of halogens is 3. The largest absolute Gasteiger partial charge is 0.440 e. The number of carbonyl (C=O) groups excluding carboxylic acids is 3. The number of anilines is 2. The van der Waals surface area contributed by atoms with E-state index in [4.69, 9.17) is 9.40 Å². The number of fused-ring (bicyclic) bond motifs is 1. The van der Waals surface area contributed by atoms with Gasteiger partial charge in [0, 0.05) is 49.5 Å². The summed E-state index contributed by atoms with van der Waals surface area (Å²) in [6.45, 7) is 5.53. The van der Waals surface area contributed by atoms with Crippen molar-refractivity contribution in [2.45, 2.75) is 57.3 Å². The number of pyridine rings is 2. The van der Waals surface area contributed by atoms with Crippen molar-refractivity contribution in [3.8, 4) is 0 Å². The molecular weight excluding hydrogens is 619 g/mol. The molecule has 0 aliphatic carbocycles. The Morgan fingerprint density at radius 3 is 2.51 bits per heavy atom. The minimum Gasteiger partial charge on any atom is -0.440 e. The smallest absolute Gasteiger partial charge is 0.433 e. The number of amides is 4. The fourth-order valence-electron chi connectivity index (χ4n) is 5.78. The number of benzene rings is 1. The molecule has 12 nitrogen and oxygen atoms in total. The highest BCUT2D eigenvalue weighted by molar-refractivity contribution is 6.06. The molecule has 4 amide bonds. The number of carbonyl (C=O) groups is 3. The normalized spacial score (nSPS) is 16.9. The maximum atomic E-state index is 12.9. The molecule has 2 saturated heterocycles. The molecule has 3 aromatic heterocycles. The van der Waals surface area contributed by atoms with E-state index < -0.39 is 29.4 Å². The van der Waals surface area contributed by atoms with Gasteiger partial charge in [0.05, 0.1) is 28.7 Å². The van der Waals surface area contributed by atoms with E-state index in [1.807, 2.05) is 6.07 Å². The first-order chi connectivity index (χ1) is 22.2. The van der Waals surface area contributed by atoms with Crippen molar-refractivity contribution in [1.82, 2.24) is 25.2 Å². The summed E-state index contributed by atoms with van der Waals surface area (Å²) in [5.41, 5.74) is 0.472. The summed E-state index contributed by atoms with van der Waals surface area (Å²) in [6, 6.07) is 6.41. The number of oxazole rings is 1. The zero-order chi connectivity index (χ0) is 33.5. The van der Waals surface area contributed by atoms with Crippen LogP contribution < -0.4 is 15.5 Å². The van der Waals surface area contributed by atoms with Gasteiger partial charge < -0.3 is 14.8 Å². The highest BCUT2D eigenvalue weighted by Gasteiger charge is 2.33. The fraction of sp³-hybridized carbons (Fsp3) is 0.375. The highest BCUT2D eigenvalue weighted by atomic mass is 19.4. The fourth-order valence-corrected chi connectivity index (χ4v) is 5.78. The van der Waals surface area contributed by atoms with Crippen LogP contribution in [-0.2, 0) is 23.1 Å². The van der Waals surface area contributed by atoms with Crippen molar-refractivity contribution < 1.29 is 37.1 Å². The van der Waals surface area contributed by atoms with Gasteiger partial charge in [-0.2, -0.15) is 13.2 Å². The first-order valence-corrected chi connectivity index (χ1v) is 15.0. The van der Waals surface area contributed by atoms with Crippen molar-refractivity contribution >= 4 is 40.3 Å². The zero-order valence-electron chi connectivity index (χ0n) is 25.6. The molecule has 0 unspecified atom stereocenters. The second-order valence-electron chi connectivity index (χ2n) is 12.2. The molecule has 4 aromatic rings. The van der Waals surface area contributed by atoms with Gasteiger partial charge in [-0.25, -0.2) is 9.78 Å². The van der Waals surface area contributed by atoms with Gasteiger partial charge >= 0.3 is 12.2 Å². The topological polar surface area (TPSA) is 154 Å². The molecule has 0 atom stereocenters. The molecule has 47 heavy (non-hydrogen) atoms. The molecular formula is C32H32F3N7O5. The van der Waals surface area contributed by atoms with Crippen molar-refractivity contribution in [2.75, 3.05) is 29.9 Å². The molecule has 1 aromatic carbocycles. The Labute approximate surface area is 267 Å². The van der Waals surface area contributed by atoms with Crippen LogP contribution >= 0.6 is 0 Å². The Bertz CT molecular complexity index is 1830. The van der Waals surface area contributed by atoms with Gasteiger partial charge in [-0.15, -0.1) is 0 Å². The van der Waals surface area contributed by atoms with Crippen LogP contribution in [0.3, 0.4) is 0 Å². The van der Waals surface area contributed by atoms with Crippen LogP contribution in [0.5, 0.6) is 0 Å². The minimum atomic E-state index is -4.63. The molecule has 3 N–H and O–H groups in total. The van der Waals surface area contributed by atoms with Crippen LogP contribution in [0, 0.1) is 0 Å². The Kier molecular flexibility index (Phi) is 8.44. The van der Waals surface area contributed by atoms with E-state index in [1.54, 1.807) is 38.4 Å². The number of rotatable bonds is 7. The number of nitrogens with one attached hydrogen (secondary N) is 2. The predicted molar refractivity (Wildman–Crippen MR) is 163 cm³/mol. The third-order valence-corrected chi connectivity index (χ3v) is 8.26. The lowest BCUT2D eigenvalue weighted by molar-refractivity contribution is -0.141. The number of aromatic nitrogens is 3. The third kappa shape index (κ3) is 7.10. The second-order valence-corrected chi connectivity index (χ2v) is 12.2. The lowest BCUT2D eigenvalue weighted by Gasteiger charge is -2.31. The summed E-state index contributed by atoms with van der Waals surface area (Å²) < 4.78 is 44.8. The minimum absolute atomic E-state index is 0.0274. The van der Waals surface area contributed by atoms with Crippen LogP contribution in [0.2, 0.25) is 0 Å². The Balaban J connectivity index is 1.13. The first kappa shape index (κ1) is 32.1. The van der Waals surface area contributed by atoms with E-state index in [2.05, 4.69) is 25.5 Å². The molecule has 2 fully saturated rings. The lowest BCUT2D eigenvalue weighted by Crippen LogP contribution is -2.49. The van der Waals surface area contributed by atoms with E-state index in [1.165, 1.54) is 4.90 Å². The lowest BCUT2D eigenvalue weighted by atomic mass is 9.95. The van der Waals surface area contributed by atoms with E-state index >= 15 is 0 Å². The summed E-state index contributed by atoms with van der Waals surface area (Å²) in [5.74, 6) is -0.430. The molecule has 246 valence electrons. The maximum absolute atomic E-state index is 12.9. The van der Waals surface area contributed by atoms with E-state index in [0.29, 0.717) is 41.3 Å². The first-order valence-electron chi connectivity index (χ1n) is 15.0. The van der Waals surface area contributed by atoms with E-state index in [-0.39, 0.29) is 29.5 Å².